The van der Waals surface area contributed by atoms with Gasteiger partial charge in [0.15, 0.2) is 0 Å². The quantitative estimate of drug-likeness (QED) is 0.584. The predicted molar refractivity (Wildman–Crippen MR) is 41.3 cm³/mol. The zero-order valence-corrected chi connectivity index (χ0v) is 8.40. The molecule has 58 valence electrons. The van der Waals surface area contributed by atoms with Crippen molar-refractivity contribution >= 4 is 19.7 Å². The Morgan fingerprint density at radius 3 is 1.11 bits per heavy atom. The topological polar surface area (TPSA) is 57.5 Å². The molecule has 3 nitrogen and oxygen atoms in total. The number of carbonyl (C=O) groups is 1. The second kappa shape index (κ2) is 4.68. The Morgan fingerprint density at radius 2 is 1.11 bits per heavy atom. The number of carboxylic acid groups (broad SMARTS) is 2. The van der Waals surface area contributed by atoms with Crippen LogP contribution in [0.25, 0.3) is 0 Å². The van der Waals surface area contributed by atoms with E-state index in [9.17, 15) is 0 Å². The molecule has 0 radical (unpaired) electrons. The van der Waals surface area contributed by atoms with Gasteiger partial charge in [0.25, 0.3) is 0 Å². The number of rotatable bonds is 0. The number of hydrogen-bond acceptors (Lipinski definition) is 1. The first kappa shape index (κ1) is 11.6. The maximum atomic E-state index is 8.56. The van der Waals surface area contributed by atoms with Gasteiger partial charge in [-0.15, -0.1) is 0 Å². The second-order valence-electron chi connectivity index (χ2n) is 3.28. The van der Waals surface area contributed by atoms with Crippen LogP contribution in [0.15, 0.2) is 0 Å². The Hall–Kier alpha value is -0.172. The van der Waals surface area contributed by atoms with E-state index in [1.807, 2.05) is 0 Å². The first-order valence-corrected chi connectivity index (χ1v) is 11.0. The molecule has 0 saturated carbocycles. The molecule has 4 heteroatoms. The van der Waals surface area contributed by atoms with Crippen LogP contribution >= 0.6 is 0 Å². The molecule has 0 spiro atoms. The number of hydrogen-bond donors (Lipinski definition) is 2. The zero-order valence-electron chi connectivity index (χ0n) is 6.30. The normalized spacial score (nSPS) is 11.1. The molecule has 0 fully saturated rings. The SMILES string of the molecule is C[AsH](C)(C)C.O=C(O)O. The Labute approximate surface area is 58.1 Å². The molecule has 0 aliphatic rings. The van der Waals surface area contributed by atoms with Crippen LogP contribution in [0.4, 0.5) is 4.79 Å². The summed E-state index contributed by atoms with van der Waals surface area (Å²) in [5, 5.41) is 13.9. The fraction of sp³-hybridized carbons (Fsp3) is 0.800. The van der Waals surface area contributed by atoms with E-state index < -0.39 is 19.7 Å². The summed E-state index contributed by atoms with van der Waals surface area (Å²) < 4.78 is 0. The Kier molecular flexibility index (Phi) is 6.04. The summed E-state index contributed by atoms with van der Waals surface area (Å²) >= 11 is -1.00. The Morgan fingerprint density at radius 1 is 1.11 bits per heavy atom. The van der Waals surface area contributed by atoms with E-state index in [0.717, 1.165) is 0 Å². The van der Waals surface area contributed by atoms with Crippen LogP contribution in [0.3, 0.4) is 0 Å². The molecule has 2 N–H and O–H groups in total. The minimum Gasteiger partial charge on any atom is -0.450 e. The second-order valence-corrected chi connectivity index (χ2v) is 15.9. The van der Waals surface area contributed by atoms with Crippen molar-refractivity contribution < 1.29 is 15.0 Å². The maximum absolute atomic E-state index is 8.56. The van der Waals surface area contributed by atoms with E-state index in [1.165, 1.54) is 0 Å². The Balaban J connectivity index is 0. The summed E-state index contributed by atoms with van der Waals surface area (Å²) in [6.07, 6.45) is -1.83. The van der Waals surface area contributed by atoms with Crippen LogP contribution in [-0.2, 0) is 0 Å². The summed E-state index contributed by atoms with van der Waals surface area (Å²) in [5.74, 6) is 0. The molecule has 0 heterocycles. The van der Waals surface area contributed by atoms with Crippen LogP contribution in [0.1, 0.15) is 0 Å². The van der Waals surface area contributed by atoms with Gasteiger partial charge in [0, 0.05) is 0 Å². The van der Waals surface area contributed by atoms with Crippen molar-refractivity contribution in [3.8, 4) is 0 Å². The van der Waals surface area contributed by atoms with Gasteiger partial charge in [0.2, 0.25) is 0 Å². The average molecular weight is 198 g/mol. The van der Waals surface area contributed by atoms with Crippen molar-refractivity contribution in [3.05, 3.63) is 0 Å². The molecule has 0 aliphatic heterocycles. The van der Waals surface area contributed by atoms with Crippen molar-refractivity contribution in [2.45, 2.75) is 22.8 Å². The summed E-state index contributed by atoms with van der Waals surface area (Å²) in [4.78, 5) is 8.56. The molecular formula is C5H15AsO3. The van der Waals surface area contributed by atoms with E-state index in [-0.39, 0.29) is 0 Å². The predicted octanol–water partition coefficient (Wildman–Crippen LogP) is 1.91. The van der Waals surface area contributed by atoms with Crippen LogP contribution in [0.2, 0.25) is 22.8 Å². The fourth-order valence-corrected chi connectivity index (χ4v) is 0. The van der Waals surface area contributed by atoms with Gasteiger partial charge in [-0.3, -0.25) is 0 Å². The minimum atomic E-state index is -1.83. The van der Waals surface area contributed by atoms with Crippen molar-refractivity contribution in [1.29, 1.82) is 0 Å². The summed E-state index contributed by atoms with van der Waals surface area (Å²) in [6.45, 7) is 0. The molecule has 0 aromatic carbocycles. The van der Waals surface area contributed by atoms with Gasteiger partial charge in [0.05, 0.1) is 0 Å². The van der Waals surface area contributed by atoms with E-state index in [4.69, 9.17) is 15.0 Å². The standard InChI is InChI=1S/C4H13As.CH2O3/c1-5(2,3)4;2-1(3)4/h5H,1-4H3;(H2,2,3,4). The van der Waals surface area contributed by atoms with Gasteiger partial charge in [-0.2, -0.15) is 0 Å². The summed E-state index contributed by atoms with van der Waals surface area (Å²) in [6, 6.07) is 0. The van der Waals surface area contributed by atoms with Crippen molar-refractivity contribution in [1.82, 2.24) is 0 Å². The molecule has 0 atom stereocenters. The monoisotopic (exact) mass is 198 g/mol. The molecule has 0 aromatic heterocycles. The van der Waals surface area contributed by atoms with E-state index in [2.05, 4.69) is 22.8 Å². The summed E-state index contributed by atoms with van der Waals surface area (Å²) in [5.41, 5.74) is 9.50. The summed E-state index contributed by atoms with van der Waals surface area (Å²) in [7, 11) is 0. The molecule has 0 aromatic rings. The molecule has 0 unspecified atom stereocenters. The smallest absolute Gasteiger partial charge is 0.450 e. The van der Waals surface area contributed by atoms with Crippen LogP contribution in [0, 0.1) is 0 Å². The van der Waals surface area contributed by atoms with E-state index in [1.54, 1.807) is 0 Å². The zero-order chi connectivity index (χ0) is 8.08. The third kappa shape index (κ3) is 9040. The van der Waals surface area contributed by atoms with Crippen LogP contribution in [0.5, 0.6) is 0 Å². The third-order valence-electron chi connectivity index (χ3n) is 0. The van der Waals surface area contributed by atoms with Gasteiger partial charge in [0.1, 0.15) is 0 Å². The van der Waals surface area contributed by atoms with Crippen molar-refractivity contribution in [3.63, 3.8) is 0 Å². The van der Waals surface area contributed by atoms with Crippen LogP contribution in [-0.4, -0.2) is 29.9 Å². The van der Waals surface area contributed by atoms with E-state index in [0.29, 0.717) is 0 Å². The largest absolute Gasteiger partial charge is 0.503 e. The molecule has 0 aliphatic carbocycles. The van der Waals surface area contributed by atoms with Gasteiger partial charge < -0.3 is 10.2 Å². The molecule has 9 heavy (non-hydrogen) atoms. The van der Waals surface area contributed by atoms with Gasteiger partial charge in [-0.05, 0) is 0 Å². The van der Waals surface area contributed by atoms with Crippen molar-refractivity contribution in [2.75, 3.05) is 0 Å². The maximum Gasteiger partial charge on any atom is 0.503 e. The van der Waals surface area contributed by atoms with E-state index >= 15 is 0 Å². The van der Waals surface area contributed by atoms with Gasteiger partial charge >= 0.3 is 42.6 Å². The molecule has 0 saturated heterocycles. The minimum absolute atomic E-state index is 1.00. The molecule has 0 bridgehead atoms. The third-order valence-corrected chi connectivity index (χ3v) is 0. The first-order valence-electron chi connectivity index (χ1n) is 2.65. The molecule has 0 rings (SSSR count). The van der Waals surface area contributed by atoms with Crippen molar-refractivity contribution in [2.24, 2.45) is 0 Å². The van der Waals surface area contributed by atoms with Gasteiger partial charge in [-0.1, -0.05) is 0 Å². The van der Waals surface area contributed by atoms with Crippen LogP contribution < -0.4 is 0 Å². The fourth-order valence-electron chi connectivity index (χ4n) is 0. The average Bonchev–Trinajstić information content (AvgIpc) is 1.19. The van der Waals surface area contributed by atoms with Gasteiger partial charge in [-0.25, -0.2) is 4.79 Å². The molecular weight excluding hydrogens is 183 g/mol. The molecule has 0 amide bonds. The Bertz CT molecular complexity index is 74.7. The first-order chi connectivity index (χ1) is 3.73.